The monoisotopic (exact) mass is 322 g/mol. The first-order chi connectivity index (χ1) is 10.8. The predicted molar refractivity (Wildman–Crippen MR) is 80.2 cm³/mol. The van der Waals surface area contributed by atoms with Crippen LogP contribution in [0.15, 0.2) is 12.3 Å². The van der Waals surface area contributed by atoms with Crippen molar-refractivity contribution in [3.63, 3.8) is 0 Å². The number of hydrogen-bond donors (Lipinski definition) is 0. The lowest BCUT2D eigenvalue weighted by Gasteiger charge is -2.31. The molecule has 2 aromatic heterocycles. The van der Waals surface area contributed by atoms with Crippen LogP contribution in [0.3, 0.4) is 0 Å². The van der Waals surface area contributed by atoms with Crippen LogP contribution >= 0.6 is 0 Å². The molecule has 0 aromatic carbocycles. The number of fused-ring (bicyclic) bond motifs is 1. The van der Waals surface area contributed by atoms with E-state index in [9.17, 15) is 13.2 Å². The summed E-state index contributed by atoms with van der Waals surface area (Å²) in [6, 6.07) is 1.20. The Bertz CT molecular complexity index is 756. The Hall–Kier alpha value is -2.18. The lowest BCUT2D eigenvalue weighted by molar-refractivity contribution is -0.137. The van der Waals surface area contributed by atoms with Gasteiger partial charge in [0.25, 0.3) is 0 Å². The molecule has 0 saturated heterocycles. The van der Waals surface area contributed by atoms with Gasteiger partial charge >= 0.3 is 6.18 Å². The van der Waals surface area contributed by atoms with E-state index in [-0.39, 0.29) is 0 Å². The number of alkyl halides is 3. The number of hydrogen-bond acceptors (Lipinski definition) is 4. The van der Waals surface area contributed by atoms with Crippen molar-refractivity contribution in [2.75, 3.05) is 11.4 Å². The van der Waals surface area contributed by atoms with Gasteiger partial charge in [-0.1, -0.05) is 0 Å². The van der Waals surface area contributed by atoms with E-state index < -0.39 is 11.7 Å². The largest absolute Gasteiger partial charge is 0.417 e. The highest BCUT2D eigenvalue weighted by atomic mass is 19.4. The van der Waals surface area contributed by atoms with Crippen LogP contribution < -0.4 is 4.90 Å². The van der Waals surface area contributed by atoms with Crippen LogP contribution in [-0.4, -0.2) is 21.5 Å². The van der Waals surface area contributed by atoms with E-state index in [1.54, 1.807) is 0 Å². The van der Waals surface area contributed by atoms with Crippen molar-refractivity contribution in [2.45, 2.75) is 39.9 Å². The van der Waals surface area contributed by atoms with E-state index in [0.717, 1.165) is 29.0 Å². The van der Waals surface area contributed by atoms with Gasteiger partial charge in [0, 0.05) is 42.7 Å². The van der Waals surface area contributed by atoms with Crippen molar-refractivity contribution in [3.8, 4) is 0 Å². The summed E-state index contributed by atoms with van der Waals surface area (Å²) < 4.78 is 38.6. The maximum atomic E-state index is 12.9. The maximum absolute atomic E-state index is 12.9. The fourth-order valence-corrected chi connectivity index (χ4v) is 2.82. The van der Waals surface area contributed by atoms with Gasteiger partial charge in [0.1, 0.15) is 11.6 Å². The fourth-order valence-electron chi connectivity index (χ4n) is 2.82. The molecule has 23 heavy (non-hydrogen) atoms. The minimum absolute atomic E-state index is 0.378. The molecule has 0 radical (unpaired) electrons. The molecule has 0 N–H and O–H groups in total. The quantitative estimate of drug-likeness (QED) is 0.807. The van der Waals surface area contributed by atoms with Gasteiger partial charge in [0.2, 0.25) is 0 Å². The molecule has 3 heterocycles. The van der Waals surface area contributed by atoms with E-state index in [4.69, 9.17) is 0 Å². The molecule has 4 nitrogen and oxygen atoms in total. The van der Waals surface area contributed by atoms with Gasteiger partial charge < -0.3 is 4.90 Å². The van der Waals surface area contributed by atoms with Crippen LogP contribution in [0.5, 0.6) is 0 Å². The minimum atomic E-state index is -4.37. The molecule has 0 spiro atoms. The molecule has 1 aliphatic heterocycles. The highest BCUT2D eigenvalue weighted by molar-refractivity contribution is 5.50. The number of halogens is 3. The number of pyridine rings is 1. The van der Waals surface area contributed by atoms with Gasteiger partial charge in [-0.2, -0.15) is 13.2 Å². The second-order valence-electron chi connectivity index (χ2n) is 5.80. The van der Waals surface area contributed by atoms with Crippen LogP contribution in [0.4, 0.5) is 19.0 Å². The molecular weight excluding hydrogens is 305 g/mol. The van der Waals surface area contributed by atoms with Gasteiger partial charge in [-0.05, 0) is 32.4 Å². The number of nitrogens with zero attached hydrogens (tertiary/aromatic N) is 4. The van der Waals surface area contributed by atoms with Gasteiger partial charge in [-0.25, -0.2) is 9.97 Å². The topological polar surface area (TPSA) is 41.9 Å². The molecule has 0 aliphatic carbocycles. The summed E-state index contributed by atoms with van der Waals surface area (Å²) in [5, 5.41) is 0. The number of anilines is 1. The molecule has 0 unspecified atom stereocenters. The number of aryl methyl sites for hydroxylation is 2. The Kier molecular flexibility index (Phi) is 3.74. The molecular formula is C16H17F3N4. The predicted octanol–water partition coefficient (Wildman–Crippen LogP) is 3.38. The zero-order valence-electron chi connectivity index (χ0n) is 13.2. The third kappa shape index (κ3) is 3.00. The van der Waals surface area contributed by atoms with Crippen LogP contribution in [0, 0.1) is 20.8 Å². The Morgan fingerprint density at radius 3 is 2.57 bits per heavy atom. The average Bonchev–Trinajstić information content (AvgIpc) is 2.49. The first-order valence-corrected chi connectivity index (χ1v) is 7.37. The highest BCUT2D eigenvalue weighted by Gasteiger charge is 2.32. The minimum Gasteiger partial charge on any atom is -0.351 e. The van der Waals surface area contributed by atoms with Crippen LogP contribution in [0.25, 0.3) is 0 Å². The molecule has 2 aromatic rings. The molecule has 122 valence electrons. The van der Waals surface area contributed by atoms with Gasteiger partial charge in [-0.3, -0.25) is 4.98 Å². The lowest BCUT2D eigenvalue weighted by Crippen LogP contribution is -2.33. The smallest absolute Gasteiger partial charge is 0.351 e. The standard InChI is InChI=1S/C16H17F3N4/c1-9-10(2)21-11(3)22-15(9)23-5-4-14-12(8-23)6-13(7-20-14)16(17,18)19/h6-7H,4-5,8H2,1-3H3. The summed E-state index contributed by atoms with van der Waals surface area (Å²) in [6.45, 7) is 6.72. The summed E-state index contributed by atoms with van der Waals surface area (Å²) in [5.41, 5.74) is 2.48. The van der Waals surface area contributed by atoms with Gasteiger partial charge in [0.15, 0.2) is 0 Å². The Balaban J connectivity index is 1.97. The normalized spacial score (nSPS) is 14.8. The van der Waals surface area contributed by atoms with Crippen molar-refractivity contribution in [1.82, 2.24) is 15.0 Å². The number of aromatic nitrogens is 3. The third-order valence-corrected chi connectivity index (χ3v) is 4.14. The van der Waals surface area contributed by atoms with Crippen LogP contribution in [0.1, 0.15) is 33.9 Å². The van der Waals surface area contributed by atoms with Crippen molar-refractivity contribution in [2.24, 2.45) is 0 Å². The summed E-state index contributed by atoms with van der Waals surface area (Å²) in [4.78, 5) is 14.8. The Morgan fingerprint density at radius 2 is 1.87 bits per heavy atom. The van der Waals surface area contributed by atoms with E-state index in [0.29, 0.717) is 30.9 Å². The maximum Gasteiger partial charge on any atom is 0.417 e. The first-order valence-electron chi connectivity index (χ1n) is 7.37. The third-order valence-electron chi connectivity index (χ3n) is 4.14. The molecule has 0 bridgehead atoms. The average molecular weight is 322 g/mol. The molecule has 0 amide bonds. The van der Waals surface area contributed by atoms with E-state index in [2.05, 4.69) is 15.0 Å². The van der Waals surface area contributed by atoms with E-state index in [1.165, 1.54) is 6.07 Å². The number of rotatable bonds is 1. The van der Waals surface area contributed by atoms with E-state index >= 15 is 0 Å². The summed E-state index contributed by atoms with van der Waals surface area (Å²) >= 11 is 0. The summed E-state index contributed by atoms with van der Waals surface area (Å²) in [5.74, 6) is 1.45. The second-order valence-corrected chi connectivity index (χ2v) is 5.80. The van der Waals surface area contributed by atoms with Crippen molar-refractivity contribution in [1.29, 1.82) is 0 Å². The molecule has 7 heteroatoms. The molecule has 3 rings (SSSR count). The lowest BCUT2D eigenvalue weighted by atomic mass is 10.0. The molecule has 0 atom stereocenters. The Morgan fingerprint density at radius 1 is 1.13 bits per heavy atom. The molecule has 0 fully saturated rings. The Labute approximate surface area is 132 Å². The highest BCUT2D eigenvalue weighted by Crippen LogP contribution is 2.32. The first kappa shape index (κ1) is 15.7. The fraction of sp³-hybridized carbons (Fsp3) is 0.438. The van der Waals surface area contributed by atoms with E-state index in [1.807, 2.05) is 25.7 Å². The second kappa shape index (κ2) is 5.47. The van der Waals surface area contributed by atoms with Crippen molar-refractivity contribution < 1.29 is 13.2 Å². The van der Waals surface area contributed by atoms with Gasteiger partial charge in [-0.15, -0.1) is 0 Å². The van der Waals surface area contributed by atoms with Crippen molar-refractivity contribution >= 4 is 5.82 Å². The van der Waals surface area contributed by atoms with Gasteiger partial charge in [0.05, 0.1) is 5.56 Å². The summed E-state index contributed by atoms with van der Waals surface area (Å²) in [7, 11) is 0. The zero-order chi connectivity index (χ0) is 16.8. The van der Waals surface area contributed by atoms with Crippen LogP contribution in [0.2, 0.25) is 0 Å². The van der Waals surface area contributed by atoms with Crippen molar-refractivity contribution in [3.05, 3.63) is 46.2 Å². The SMILES string of the molecule is Cc1nc(C)c(C)c(N2CCc3ncc(C(F)(F)F)cc3C2)n1. The molecule has 1 aliphatic rings. The molecule has 0 saturated carbocycles. The summed E-state index contributed by atoms with van der Waals surface area (Å²) in [6.07, 6.45) is -2.85. The zero-order valence-corrected chi connectivity index (χ0v) is 13.2. The van der Waals surface area contributed by atoms with Crippen LogP contribution in [-0.2, 0) is 19.1 Å².